The van der Waals surface area contributed by atoms with Crippen molar-refractivity contribution in [3.63, 3.8) is 0 Å². The fourth-order valence-electron chi connectivity index (χ4n) is 12.5. The molecule has 14 rings (SSSR count). The fraction of sp³-hybridized carbons (Fsp3) is 0.0882. The van der Waals surface area contributed by atoms with E-state index in [0.717, 1.165) is 0 Å². The SMILES string of the molecule is CC1(C)c2ccccc2-c2ccc(-c3ccc4c(c3)C(C)(C)c3cc(-c5ccc6c(-c7cccc8ccccc78)cc7c8ccccc8c(-c8cccc9ccccc89)cc7c6c5)ccc3-4)cc21. The van der Waals surface area contributed by atoms with Crippen LogP contribution in [0.2, 0.25) is 0 Å². The molecule has 12 aromatic carbocycles. The topological polar surface area (TPSA) is 0 Å². The predicted molar refractivity (Wildman–Crippen MR) is 291 cm³/mol. The van der Waals surface area contributed by atoms with E-state index in [9.17, 15) is 0 Å². The average Bonchev–Trinajstić information content (AvgIpc) is 3.76. The monoisotopic (exact) mass is 864 g/mol. The van der Waals surface area contributed by atoms with Crippen molar-refractivity contribution in [1.82, 2.24) is 0 Å². The van der Waals surface area contributed by atoms with Crippen LogP contribution in [-0.2, 0) is 10.8 Å². The molecule has 0 nitrogen and oxygen atoms in total. The number of rotatable bonds is 4. The van der Waals surface area contributed by atoms with Gasteiger partial charge in [-0.15, -0.1) is 0 Å². The number of fused-ring (bicyclic) bond motifs is 13. The van der Waals surface area contributed by atoms with Gasteiger partial charge >= 0.3 is 0 Å². The maximum absolute atomic E-state index is 2.49. The third-order valence-corrected chi connectivity index (χ3v) is 16.1. The molecule has 0 aliphatic heterocycles. The molecule has 68 heavy (non-hydrogen) atoms. The van der Waals surface area contributed by atoms with Crippen LogP contribution in [-0.4, -0.2) is 0 Å². The summed E-state index contributed by atoms with van der Waals surface area (Å²) in [5.41, 5.74) is 20.9. The predicted octanol–water partition coefficient (Wildman–Crippen LogP) is 18.7. The number of benzene rings is 12. The summed E-state index contributed by atoms with van der Waals surface area (Å²) < 4.78 is 0. The van der Waals surface area contributed by atoms with Crippen LogP contribution in [0.3, 0.4) is 0 Å². The zero-order chi connectivity index (χ0) is 45.5. The first-order valence-corrected chi connectivity index (χ1v) is 24.2. The Hall–Kier alpha value is -8.06. The van der Waals surface area contributed by atoms with Crippen LogP contribution in [0.4, 0.5) is 0 Å². The summed E-state index contributed by atoms with van der Waals surface area (Å²) in [7, 11) is 0. The van der Waals surface area contributed by atoms with Gasteiger partial charge in [-0.2, -0.15) is 0 Å². The lowest BCUT2D eigenvalue weighted by Gasteiger charge is -2.23. The van der Waals surface area contributed by atoms with Crippen molar-refractivity contribution in [2.24, 2.45) is 0 Å². The van der Waals surface area contributed by atoms with E-state index < -0.39 is 0 Å². The molecule has 0 saturated heterocycles. The summed E-state index contributed by atoms with van der Waals surface area (Å²) in [6, 6.07) is 82.8. The molecule has 0 atom stereocenters. The summed E-state index contributed by atoms with van der Waals surface area (Å²) >= 11 is 0. The molecule has 0 bridgehead atoms. The molecule has 0 N–H and O–H groups in total. The van der Waals surface area contributed by atoms with Gasteiger partial charge in [-0.25, -0.2) is 0 Å². The third kappa shape index (κ3) is 5.55. The van der Waals surface area contributed by atoms with Crippen LogP contribution in [0.1, 0.15) is 49.9 Å². The highest BCUT2D eigenvalue weighted by molar-refractivity contribution is 6.26. The second kappa shape index (κ2) is 14.2. The lowest BCUT2D eigenvalue weighted by atomic mass is 9.80. The van der Waals surface area contributed by atoms with E-state index in [-0.39, 0.29) is 10.8 Å². The van der Waals surface area contributed by atoms with Crippen LogP contribution in [0.15, 0.2) is 218 Å². The second-order valence-corrected chi connectivity index (χ2v) is 20.4. The van der Waals surface area contributed by atoms with E-state index in [1.807, 2.05) is 0 Å². The smallest absolute Gasteiger partial charge is 0.0159 e. The minimum Gasteiger partial charge on any atom is -0.0619 e. The molecule has 12 aromatic rings. The molecule has 320 valence electrons. The molecule has 0 fully saturated rings. The van der Waals surface area contributed by atoms with Crippen LogP contribution < -0.4 is 0 Å². The van der Waals surface area contributed by atoms with Crippen molar-refractivity contribution in [2.45, 2.75) is 38.5 Å². The molecule has 2 aliphatic rings. The van der Waals surface area contributed by atoms with Crippen LogP contribution in [0, 0.1) is 0 Å². The highest BCUT2D eigenvalue weighted by atomic mass is 14.4. The van der Waals surface area contributed by atoms with Gasteiger partial charge < -0.3 is 0 Å². The molecule has 0 saturated carbocycles. The summed E-state index contributed by atoms with van der Waals surface area (Å²) in [5, 5.41) is 12.7. The normalized spacial score (nSPS) is 14.1. The average molecular weight is 865 g/mol. The summed E-state index contributed by atoms with van der Waals surface area (Å²) in [5.74, 6) is 0. The molecule has 0 radical (unpaired) electrons. The zero-order valence-electron chi connectivity index (χ0n) is 38.8. The van der Waals surface area contributed by atoms with Crippen molar-refractivity contribution in [3.8, 4) is 66.8 Å². The van der Waals surface area contributed by atoms with Gasteiger partial charge in [-0.1, -0.05) is 210 Å². The summed E-state index contributed by atoms with van der Waals surface area (Å²) in [4.78, 5) is 0. The Morgan fingerprint density at radius 1 is 0.206 bits per heavy atom. The quantitative estimate of drug-likeness (QED) is 0.155. The maximum Gasteiger partial charge on any atom is 0.0159 e. The van der Waals surface area contributed by atoms with E-state index >= 15 is 0 Å². The fourth-order valence-corrected chi connectivity index (χ4v) is 12.5. The second-order valence-electron chi connectivity index (χ2n) is 20.4. The first-order chi connectivity index (χ1) is 33.2. The third-order valence-electron chi connectivity index (χ3n) is 16.1. The summed E-state index contributed by atoms with van der Waals surface area (Å²) in [6.45, 7) is 9.57. The van der Waals surface area contributed by atoms with Crippen molar-refractivity contribution < 1.29 is 0 Å². The van der Waals surface area contributed by atoms with Crippen molar-refractivity contribution in [2.75, 3.05) is 0 Å². The van der Waals surface area contributed by atoms with Gasteiger partial charge in [0.2, 0.25) is 0 Å². The minimum atomic E-state index is -0.180. The Labute approximate surface area is 397 Å². The van der Waals surface area contributed by atoms with Gasteiger partial charge in [0, 0.05) is 10.8 Å². The van der Waals surface area contributed by atoms with Crippen molar-refractivity contribution >= 4 is 53.9 Å². The summed E-state index contributed by atoms with van der Waals surface area (Å²) in [6.07, 6.45) is 0. The Bertz CT molecular complexity index is 4130. The van der Waals surface area contributed by atoms with E-state index in [0.29, 0.717) is 0 Å². The molecular formula is C68H48. The molecular weight excluding hydrogens is 817 g/mol. The van der Waals surface area contributed by atoms with Crippen LogP contribution in [0.5, 0.6) is 0 Å². The lowest BCUT2D eigenvalue weighted by Crippen LogP contribution is -2.15. The van der Waals surface area contributed by atoms with Gasteiger partial charge in [0.05, 0.1) is 0 Å². The highest BCUT2D eigenvalue weighted by Crippen LogP contribution is 2.53. The maximum atomic E-state index is 2.49. The standard InChI is InChI=1S/C68H48/c1-67(2)63-26-12-11-23-54(63)55-32-29-45(37-64(55)67)46-30-34-57-56-33-28-44(36-65(56)68(3,4)66(57)38-46)43-27-31-53-58(35-43)62-40-59(49-24-13-17-41-15-5-7-19-47(41)49)51-21-9-10-22-52(51)61(62)39-60(53)50-25-14-18-42-16-6-8-20-48(42)50/h5-40H,1-4H3. The van der Waals surface area contributed by atoms with Crippen LogP contribution >= 0.6 is 0 Å². The molecule has 0 amide bonds. The largest absolute Gasteiger partial charge is 0.0619 e. The Morgan fingerprint density at radius 3 is 1.12 bits per heavy atom. The Morgan fingerprint density at radius 2 is 0.559 bits per heavy atom. The first kappa shape index (κ1) is 39.1. The van der Waals surface area contributed by atoms with Crippen molar-refractivity contribution in [1.29, 1.82) is 0 Å². The molecule has 0 spiro atoms. The molecule has 0 heterocycles. The van der Waals surface area contributed by atoms with Crippen molar-refractivity contribution in [3.05, 3.63) is 241 Å². The van der Waals surface area contributed by atoms with E-state index in [1.54, 1.807) is 0 Å². The Balaban J connectivity index is 0.941. The molecule has 0 unspecified atom stereocenters. The lowest BCUT2D eigenvalue weighted by molar-refractivity contribution is 0.659. The van der Waals surface area contributed by atoms with Crippen LogP contribution in [0.25, 0.3) is 121 Å². The number of hydrogen-bond donors (Lipinski definition) is 0. The van der Waals surface area contributed by atoms with Gasteiger partial charge in [0.25, 0.3) is 0 Å². The van der Waals surface area contributed by atoms with Gasteiger partial charge in [0.15, 0.2) is 0 Å². The van der Waals surface area contributed by atoms with Gasteiger partial charge in [0.1, 0.15) is 0 Å². The van der Waals surface area contributed by atoms with E-state index in [2.05, 4.69) is 246 Å². The minimum absolute atomic E-state index is 0.0377. The molecule has 0 heteroatoms. The van der Waals surface area contributed by atoms with Gasteiger partial charge in [-0.05, 0) is 179 Å². The van der Waals surface area contributed by atoms with E-state index in [4.69, 9.17) is 0 Å². The first-order valence-electron chi connectivity index (χ1n) is 24.2. The zero-order valence-corrected chi connectivity index (χ0v) is 38.8. The Kier molecular flexibility index (Phi) is 8.19. The highest BCUT2D eigenvalue weighted by Gasteiger charge is 2.37. The number of hydrogen-bond acceptors (Lipinski definition) is 0. The van der Waals surface area contributed by atoms with E-state index in [1.165, 1.54) is 143 Å². The molecule has 2 aliphatic carbocycles. The molecule has 0 aromatic heterocycles. The van der Waals surface area contributed by atoms with Gasteiger partial charge in [-0.3, -0.25) is 0 Å².